The molecule has 1 aromatic heterocycles. The number of sulfonamides is 1. The van der Waals surface area contributed by atoms with Crippen LogP contribution in [0.4, 0.5) is 0 Å². The van der Waals surface area contributed by atoms with Gasteiger partial charge in [-0.2, -0.15) is 0 Å². The number of thiocarbonyl (C=S) groups is 1. The van der Waals surface area contributed by atoms with Crippen molar-refractivity contribution in [1.29, 1.82) is 0 Å². The van der Waals surface area contributed by atoms with Crippen LogP contribution in [0.2, 0.25) is 0 Å². The molecule has 9 heteroatoms. The number of hydrogen-bond donors (Lipinski definition) is 2. The molecule has 0 amide bonds. The standard InChI is InChI=1S/C11H17N3O3S3/c12-11(18)9-1-2-10(19-9)20(15,16)13-3-4-14-5-7-17-8-6-14/h1-2,13H,3-8H2,(H2,12,18). The van der Waals surface area contributed by atoms with Gasteiger partial charge in [0.25, 0.3) is 0 Å². The molecule has 6 nitrogen and oxygen atoms in total. The molecule has 0 saturated carbocycles. The monoisotopic (exact) mass is 335 g/mol. The zero-order valence-corrected chi connectivity index (χ0v) is 13.3. The molecule has 20 heavy (non-hydrogen) atoms. The van der Waals surface area contributed by atoms with Crippen LogP contribution in [0.25, 0.3) is 0 Å². The molecule has 2 rings (SSSR count). The molecule has 0 aromatic carbocycles. The minimum atomic E-state index is -3.48. The maximum atomic E-state index is 12.1. The van der Waals surface area contributed by atoms with Gasteiger partial charge in [-0.15, -0.1) is 11.3 Å². The minimum absolute atomic E-state index is 0.213. The Labute approximate surface area is 128 Å². The van der Waals surface area contributed by atoms with Crippen LogP contribution >= 0.6 is 23.6 Å². The van der Waals surface area contributed by atoms with Crippen LogP contribution in [0.3, 0.4) is 0 Å². The first kappa shape index (κ1) is 15.8. The van der Waals surface area contributed by atoms with Crippen molar-refractivity contribution >= 4 is 38.6 Å². The zero-order chi connectivity index (χ0) is 14.6. The number of nitrogens with one attached hydrogen (secondary N) is 1. The van der Waals surface area contributed by atoms with E-state index in [1.807, 2.05) is 0 Å². The molecular weight excluding hydrogens is 318 g/mol. The lowest BCUT2D eigenvalue weighted by Crippen LogP contribution is -2.41. The fourth-order valence-electron chi connectivity index (χ4n) is 1.83. The third-order valence-corrected chi connectivity index (χ3v) is 6.33. The first-order chi connectivity index (χ1) is 9.49. The van der Waals surface area contributed by atoms with Gasteiger partial charge in [-0.05, 0) is 12.1 Å². The van der Waals surface area contributed by atoms with Crippen molar-refractivity contribution in [3.8, 4) is 0 Å². The number of rotatable bonds is 6. The number of morpholine rings is 1. The van der Waals surface area contributed by atoms with E-state index in [0.717, 1.165) is 24.4 Å². The van der Waals surface area contributed by atoms with Gasteiger partial charge in [0.2, 0.25) is 10.0 Å². The van der Waals surface area contributed by atoms with Crippen molar-refractivity contribution in [3.05, 3.63) is 17.0 Å². The molecule has 0 spiro atoms. The Bertz CT molecular complexity index is 564. The van der Waals surface area contributed by atoms with Gasteiger partial charge >= 0.3 is 0 Å². The SMILES string of the molecule is NC(=S)c1ccc(S(=O)(=O)NCCN2CCOCC2)s1. The number of ether oxygens (including phenoxy) is 1. The van der Waals surface area contributed by atoms with Crippen molar-refractivity contribution in [3.63, 3.8) is 0 Å². The van der Waals surface area contributed by atoms with Gasteiger partial charge in [-0.25, -0.2) is 13.1 Å². The zero-order valence-electron chi connectivity index (χ0n) is 10.9. The minimum Gasteiger partial charge on any atom is -0.389 e. The number of thiophene rings is 1. The topological polar surface area (TPSA) is 84.7 Å². The molecule has 1 fully saturated rings. The van der Waals surface area contributed by atoms with Crippen molar-refractivity contribution in [2.24, 2.45) is 5.73 Å². The van der Waals surface area contributed by atoms with Crippen LogP contribution in [0.15, 0.2) is 16.3 Å². The lowest BCUT2D eigenvalue weighted by molar-refractivity contribution is 0.0390. The maximum absolute atomic E-state index is 12.1. The summed E-state index contributed by atoms with van der Waals surface area (Å²) in [7, 11) is -3.48. The van der Waals surface area contributed by atoms with Gasteiger partial charge in [0.05, 0.1) is 18.1 Å². The van der Waals surface area contributed by atoms with Gasteiger partial charge in [0, 0.05) is 26.2 Å². The highest BCUT2D eigenvalue weighted by molar-refractivity contribution is 7.91. The fraction of sp³-hybridized carbons (Fsp3) is 0.545. The third-order valence-electron chi connectivity index (χ3n) is 2.91. The predicted octanol–water partition coefficient (Wildman–Crippen LogP) is -0.00720. The second-order valence-electron chi connectivity index (χ2n) is 4.33. The average Bonchev–Trinajstić information content (AvgIpc) is 2.90. The van der Waals surface area contributed by atoms with E-state index in [1.165, 1.54) is 6.07 Å². The van der Waals surface area contributed by atoms with Crippen molar-refractivity contribution in [1.82, 2.24) is 9.62 Å². The van der Waals surface area contributed by atoms with Crippen LogP contribution in [0.5, 0.6) is 0 Å². The van der Waals surface area contributed by atoms with E-state index in [4.69, 9.17) is 22.7 Å². The highest BCUT2D eigenvalue weighted by Gasteiger charge is 2.18. The normalized spacial score (nSPS) is 17.2. The Balaban J connectivity index is 1.88. The van der Waals surface area contributed by atoms with Crippen LogP contribution in [-0.4, -0.2) is 57.7 Å². The second kappa shape index (κ2) is 6.92. The highest BCUT2D eigenvalue weighted by Crippen LogP contribution is 2.21. The Hall–Kier alpha value is -0.580. The third kappa shape index (κ3) is 4.21. The summed E-state index contributed by atoms with van der Waals surface area (Å²) in [5.41, 5.74) is 5.48. The number of nitrogens with two attached hydrogens (primary N) is 1. The van der Waals surface area contributed by atoms with Gasteiger partial charge < -0.3 is 10.5 Å². The van der Waals surface area contributed by atoms with Gasteiger partial charge in [0.1, 0.15) is 9.20 Å². The molecule has 0 atom stereocenters. The van der Waals surface area contributed by atoms with Crippen molar-refractivity contribution in [2.45, 2.75) is 4.21 Å². The van der Waals surface area contributed by atoms with Crippen LogP contribution < -0.4 is 10.5 Å². The van der Waals surface area contributed by atoms with Gasteiger partial charge in [0.15, 0.2) is 0 Å². The molecule has 2 heterocycles. The lowest BCUT2D eigenvalue weighted by Gasteiger charge is -2.26. The Morgan fingerprint density at radius 3 is 2.75 bits per heavy atom. The first-order valence-corrected chi connectivity index (χ1v) is 8.89. The quantitative estimate of drug-likeness (QED) is 0.712. The summed E-state index contributed by atoms with van der Waals surface area (Å²) < 4.78 is 32.2. The van der Waals surface area contributed by atoms with E-state index in [9.17, 15) is 8.42 Å². The van der Waals surface area contributed by atoms with Crippen LogP contribution in [-0.2, 0) is 14.8 Å². The number of hydrogen-bond acceptors (Lipinski definition) is 6. The van der Waals surface area contributed by atoms with Crippen LogP contribution in [0.1, 0.15) is 4.88 Å². The Morgan fingerprint density at radius 2 is 2.15 bits per heavy atom. The molecule has 1 aliphatic heterocycles. The Kier molecular flexibility index (Phi) is 5.47. The lowest BCUT2D eigenvalue weighted by atomic mass is 10.4. The predicted molar refractivity (Wildman–Crippen MR) is 82.7 cm³/mol. The van der Waals surface area contributed by atoms with Crippen molar-refractivity contribution < 1.29 is 13.2 Å². The summed E-state index contributed by atoms with van der Waals surface area (Å²) >= 11 is 5.91. The Morgan fingerprint density at radius 1 is 1.45 bits per heavy atom. The van der Waals surface area contributed by atoms with Gasteiger partial charge in [-0.3, -0.25) is 4.90 Å². The molecule has 1 aromatic rings. The van der Waals surface area contributed by atoms with Crippen molar-refractivity contribution in [2.75, 3.05) is 39.4 Å². The van der Waals surface area contributed by atoms with Crippen LogP contribution in [0, 0.1) is 0 Å². The average molecular weight is 335 g/mol. The molecular formula is C11H17N3O3S3. The summed E-state index contributed by atoms with van der Waals surface area (Å²) in [6, 6.07) is 3.15. The smallest absolute Gasteiger partial charge is 0.250 e. The summed E-state index contributed by atoms with van der Waals surface area (Å²) in [6.45, 7) is 4.14. The molecule has 0 aliphatic carbocycles. The molecule has 0 radical (unpaired) electrons. The van der Waals surface area contributed by atoms with E-state index in [1.54, 1.807) is 6.07 Å². The summed E-state index contributed by atoms with van der Waals surface area (Å²) in [4.78, 5) is 2.99. The molecule has 112 valence electrons. The summed E-state index contributed by atoms with van der Waals surface area (Å²) in [5, 5.41) is 0. The van der Waals surface area contributed by atoms with E-state index < -0.39 is 10.0 Å². The fourth-order valence-corrected chi connectivity index (χ4v) is 4.25. The molecule has 1 saturated heterocycles. The number of nitrogens with zero attached hydrogens (tertiary/aromatic N) is 1. The molecule has 1 aliphatic rings. The van der Waals surface area contributed by atoms with Gasteiger partial charge in [-0.1, -0.05) is 12.2 Å². The summed E-state index contributed by atoms with van der Waals surface area (Å²) in [5.74, 6) is 0. The first-order valence-electron chi connectivity index (χ1n) is 6.18. The van der Waals surface area contributed by atoms with E-state index in [0.29, 0.717) is 31.2 Å². The molecule has 3 N–H and O–H groups in total. The molecule has 0 unspecified atom stereocenters. The maximum Gasteiger partial charge on any atom is 0.250 e. The highest BCUT2D eigenvalue weighted by atomic mass is 32.2. The molecule has 0 bridgehead atoms. The largest absolute Gasteiger partial charge is 0.389 e. The van der Waals surface area contributed by atoms with E-state index in [2.05, 4.69) is 9.62 Å². The summed E-state index contributed by atoms with van der Waals surface area (Å²) in [6.07, 6.45) is 0. The second-order valence-corrected chi connectivity index (χ2v) is 7.85. The van der Waals surface area contributed by atoms with E-state index >= 15 is 0 Å². The van der Waals surface area contributed by atoms with E-state index in [-0.39, 0.29) is 9.20 Å².